The van der Waals surface area contributed by atoms with Crippen molar-refractivity contribution < 1.29 is 21.9 Å². The standard InChI is InChI=1S/C26H20F2N2O3S2/c1-17(2)15-34-16-21-20-11-12-30(35(31,32)19-7-5-4-6-8-19)25(20)14-23(28)26(21)33-18-9-10-22(27)24(13-18)29-3/h4-14H,1,15-16H2,2H3. The summed E-state index contributed by atoms with van der Waals surface area (Å²) in [6, 6.07) is 14.2. The molecule has 4 aromatic rings. The summed E-state index contributed by atoms with van der Waals surface area (Å²) in [6.07, 6.45) is 1.39. The summed E-state index contributed by atoms with van der Waals surface area (Å²) in [6.45, 7) is 12.9. The number of fused-ring (bicyclic) bond motifs is 1. The van der Waals surface area contributed by atoms with E-state index in [4.69, 9.17) is 11.3 Å². The predicted molar refractivity (Wildman–Crippen MR) is 135 cm³/mol. The fourth-order valence-electron chi connectivity index (χ4n) is 3.53. The number of hydrogen-bond acceptors (Lipinski definition) is 4. The Bertz CT molecular complexity index is 1570. The summed E-state index contributed by atoms with van der Waals surface area (Å²) >= 11 is 1.47. The third-order valence-electron chi connectivity index (χ3n) is 5.12. The Morgan fingerprint density at radius 2 is 1.86 bits per heavy atom. The Kier molecular flexibility index (Phi) is 6.96. The van der Waals surface area contributed by atoms with Crippen molar-refractivity contribution in [2.45, 2.75) is 17.6 Å². The number of hydrogen-bond donors (Lipinski definition) is 0. The zero-order valence-corrected chi connectivity index (χ0v) is 20.3. The summed E-state index contributed by atoms with van der Waals surface area (Å²) in [7, 11) is -3.96. The molecule has 1 heterocycles. The van der Waals surface area contributed by atoms with E-state index in [2.05, 4.69) is 11.4 Å². The quantitative estimate of drug-likeness (QED) is 0.184. The van der Waals surface area contributed by atoms with Crippen LogP contribution in [0.1, 0.15) is 12.5 Å². The summed E-state index contributed by atoms with van der Waals surface area (Å²) < 4.78 is 62.6. The smallest absolute Gasteiger partial charge is 0.268 e. The molecule has 4 rings (SSSR count). The third kappa shape index (κ3) is 4.94. The van der Waals surface area contributed by atoms with Gasteiger partial charge < -0.3 is 4.74 Å². The molecule has 0 saturated carbocycles. The van der Waals surface area contributed by atoms with Crippen LogP contribution in [-0.2, 0) is 15.8 Å². The monoisotopic (exact) mass is 510 g/mol. The second-order valence-corrected chi connectivity index (χ2v) is 10.6. The fraction of sp³-hybridized carbons (Fsp3) is 0.115. The van der Waals surface area contributed by atoms with Crippen LogP contribution in [0.25, 0.3) is 15.7 Å². The van der Waals surface area contributed by atoms with Crippen molar-refractivity contribution in [2.24, 2.45) is 0 Å². The molecule has 0 N–H and O–H groups in total. The largest absolute Gasteiger partial charge is 0.455 e. The van der Waals surface area contributed by atoms with E-state index in [0.717, 1.165) is 21.7 Å². The first-order chi connectivity index (χ1) is 16.7. The number of halogens is 2. The molecule has 9 heteroatoms. The molecule has 0 aliphatic heterocycles. The molecule has 3 aromatic carbocycles. The maximum atomic E-state index is 15.5. The van der Waals surface area contributed by atoms with Gasteiger partial charge in [0, 0.05) is 34.7 Å². The van der Waals surface area contributed by atoms with E-state index in [1.807, 2.05) is 6.92 Å². The van der Waals surface area contributed by atoms with Crippen LogP contribution in [-0.4, -0.2) is 18.1 Å². The molecule has 0 bridgehead atoms. The van der Waals surface area contributed by atoms with Crippen LogP contribution < -0.4 is 4.74 Å². The van der Waals surface area contributed by atoms with Gasteiger partial charge in [-0.2, -0.15) is 11.8 Å². The minimum atomic E-state index is -3.96. The van der Waals surface area contributed by atoms with Crippen LogP contribution in [0.3, 0.4) is 0 Å². The Morgan fingerprint density at radius 1 is 1.11 bits per heavy atom. The highest BCUT2D eigenvalue weighted by molar-refractivity contribution is 7.98. The molecule has 5 nitrogen and oxygen atoms in total. The number of ether oxygens (including phenoxy) is 1. The highest BCUT2D eigenvalue weighted by Crippen LogP contribution is 2.39. The van der Waals surface area contributed by atoms with Gasteiger partial charge in [-0.05, 0) is 43.3 Å². The lowest BCUT2D eigenvalue weighted by atomic mass is 10.1. The summed E-state index contributed by atoms with van der Waals surface area (Å²) in [4.78, 5) is 3.19. The molecular formula is C26H20F2N2O3S2. The minimum Gasteiger partial charge on any atom is -0.455 e. The molecule has 35 heavy (non-hydrogen) atoms. The van der Waals surface area contributed by atoms with Crippen molar-refractivity contribution in [3.8, 4) is 11.5 Å². The first-order valence-electron chi connectivity index (χ1n) is 10.4. The normalized spacial score (nSPS) is 11.4. The molecule has 0 amide bonds. The zero-order valence-electron chi connectivity index (χ0n) is 18.7. The van der Waals surface area contributed by atoms with E-state index in [1.165, 1.54) is 42.2 Å². The summed E-state index contributed by atoms with van der Waals surface area (Å²) in [5.74, 6) is -0.576. The molecule has 0 aliphatic carbocycles. The minimum absolute atomic E-state index is 0.0782. The molecule has 0 aliphatic rings. The maximum Gasteiger partial charge on any atom is 0.268 e. The zero-order chi connectivity index (χ0) is 25.2. The predicted octanol–water partition coefficient (Wildman–Crippen LogP) is 7.31. The van der Waals surface area contributed by atoms with Gasteiger partial charge in [0.2, 0.25) is 5.69 Å². The second-order valence-electron chi connectivity index (χ2n) is 7.81. The van der Waals surface area contributed by atoms with E-state index in [0.29, 0.717) is 22.5 Å². The topological polar surface area (TPSA) is 52.7 Å². The van der Waals surface area contributed by atoms with E-state index in [-0.39, 0.29) is 27.6 Å². The Hall–Kier alpha value is -3.61. The first-order valence-corrected chi connectivity index (χ1v) is 13.0. The third-order valence-corrected chi connectivity index (χ3v) is 8.02. The highest BCUT2D eigenvalue weighted by Gasteiger charge is 2.24. The number of thioether (sulfide) groups is 1. The molecule has 178 valence electrons. The Balaban J connectivity index is 1.86. The SMILES string of the molecule is [C-]#[N+]c1cc(Oc2c(F)cc3c(ccn3S(=O)(=O)c3ccccc3)c2CSCC(=C)C)ccc1F. The van der Waals surface area contributed by atoms with Crippen LogP contribution in [0, 0.1) is 18.2 Å². The van der Waals surface area contributed by atoms with Crippen LogP contribution >= 0.6 is 11.8 Å². The van der Waals surface area contributed by atoms with E-state index >= 15 is 4.39 Å². The molecule has 0 unspecified atom stereocenters. The van der Waals surface area contributed by atoms with Crippen molar-refractivity contribution in [1.29, 1.82) is 0 Å². The first kappa shape index (κ1) is 24.5. The summed E-state index contributed by atoms with van der Waals surface area (Å²) in [5, 5.41) is 0.502. The van der Waals surface area contributed by atoms with Crippen LogP contribution in [0.5, 0.6) is 11.5 Å². The Morgan fingerprint density at radius 3 is 2.54 bits per heavy atom. The number of aromatic nitrogens is 1. The maximum absolute atomic E-state index is 15.5. The molecule has 1 aromatic heterocycles. The van der Waals surface area contributed by atoms with Gasteiger partial charge in [-0.15, -0.1) is 0 Å². The van der Waals surface area contributed by atoms with Gasteiger partial charge in [0.15, 0.2) is 11.6 Å². The number of nitrogens with zero attached hydrogens (tertiary/aromatic N) is 2. The van der Waals surface area contributed by atoms with Gasteiger partial charge in [-0.1, -0.05) is 30.4 Å². The number of benzene rings is 3. The molecule has 0 fully saturated rings. The van der Waals surface area contributed by atoms with Crippen molar-refractivity contribution in [3.63, 3.8) is 0 Å². The van der Waals surface area contributed by atoms with Gasteiger partial charge in [-0.25, -0.2) is 26.0 Å². The van der Waals surface area contributed by atoms with Crippen LogP contribution in [0.2, 0.25) is 0 Å². The second kappa shape index (κ2) is 9.94. The van der Waals surface area contributed by atoms with Gasteiger partial charge >= 0.3 is 0 Å². The van der Waals surface area contributed by atoms with Crippen molar-refractivity contribution >= 4 is 38.4 Å². The molecule has 0 saturated heterocycles. The van der Waals surface area contributed by atoms with Crippen molar-refractivity contribution in [2.75, 3.05) is 5.75 Å². The molecule has 0 atom stereocenters. The molecule has 0 spiro atoms. The number of rotatable bonds is 8. The molecular weight excluding hydrogens is 490 g/mol. The molecule has 0 radical (unpaired) electrons. The van der Waals surface area contributed by atoms with Crippen LogP contribution in [0.4, 0.5) is 14.5 Å². The van der Waals surface area contributed by atoms with Gasteiger partial charge in [-0.3, -0.25) is 0 Å². The fourth-order valence-corrected chi connectivity index (χ4v) is 5.83. The average Bonchev–Trinajstić information content (AvgIpc) is 3.26. The lowest BCUT2D eigenvalue weighted by molar-refractivity contribution is 0.439. The highest BCUT2D eigenvalue weighted by atomic mass is 32.2. The van der Waals surface area contributed by atoms with E-state index < -0.39 is 21.7 Å². The summed E-state index contributed by atoms with van der Waals surface area (Å²) in [5.41, 5.74) is 1.30. The lowest BCUT2D eigenvalue weighted by Gasteiger charge is -2.15. The van der Waals surface area contributed by atoms with Gasteiger partial charge in [0.05, 0.1) is 17.0 Å². The van der Waals surface area contributed by atoms with Gasteiger partial charge in [0.25, 0.3) is 10.0 Å². The van der Waals surface area contributed by atoms with Gasteiger partial charge in [0.1, 0.15) is 11.6 Å². The average molecular weight is 511 g/mol. The van der Waals surface area contributed by atoms with Crippen molar-refractivity contribution in [1.82, 2.24) is 3.97 Å². The van der Waals surface area contributed by atoms with Crippen LogP contribution in [0.15, 0.2) is 83.9 Å². The van der Waals surface area contributed by atoms with E-state index in [9.17, 15) is 12.8 Å². The van der Waals surface area contributed by atoms with Crippen molar-refractivity contribution in [3.05, 3.63) is 108 Å². The van der Waals surface area contributed by atoms with E-state index in [1.54, 1.807) is 24.3 Å². The lowest BCUT2D eigenvalue weighted by Crippen LogP contribution is -2.12. The Labute approximate surface area is 206 Å².